The van der Waals surface area contributed by atoms with E-state index in [4.69, 9.17) is 0 Å². The minimum Gasteiger partial charge on any atom is -0.306 e. The smallest absolute Gasteiger partial charge is 0.306 e. The van der Waals surface area contributed by atoms with E-state index in [1.807, 2.05) is 0 Å². The molecule has 0 spiro atoms. The van der Waals surface area contributed by atoms with E-state index in [0.29, 0.717) is 16.9 Å². The lowest BCUT2D eigenvalue weighted by atomic mass is 10.1. The summed E-state index contributed by atoms with van der Waals surface area (Å²) in [4.78, 5) is 23.7. The zero-order chi connectivity index (χ0) is 17.9. The highest BCUT2D eigenvalue weighted by atomic mass is 19.4. The Kier molecular flexibility index (Phi) is 4.42. The molecule has 2 heterocycles. The molecule has 0 saturated carbocycles. The predicted octanol–water partition coefficient (Wildman–Crippen LogP) is 3.81. The van der Waals surface area contributed by atoms with Gasteiger partial charge in [-0.3, -0.25) is 9.78 Å². The number of benzene rings is 1. The van der Waals surface area contributed by atoms with Gasteiger partial charge in [-0.2, -0.15) is 13.2 Å². The van der Waals surface area contributed by atoms with Gasteiger partial charge in [-0.05, 0) is 30.3 Å². The fraction of sp³-hybridized carbons (Fsp3) is 0.0588. The van der Waals surface area contributed by atoms with Crippen LogP contribution in [0.3, 0.4) is 0 Å². The van der Waals surface area contributed by atoms with Crippen molar-refractivity contribution in [2.75, 3.05) is 5.32 Å². The number of rotatable bonds is 3. The van der Waals surface area contributed by atoms with E-state index in [1.54, 1.807) is 6.07 Å². The van der Waals surface area contributed by atoms with Crippen LogP contribution in [-0.4, -0.2) is 20.9 Å². The summed E-state index contributed by atoms with van der Waals surface area (Å²) in [5.74, 6) is -0.0362. The van der Waals surface area contributed by atoms with Crippen LogP contribution in [0, 0.1) is 0 Å². The normalized spacial score (nSPS) is 11.2. The molecule has 126 valence electrons. The molecule has 3 aromatic rings. The molecule has 5 nitrogen and oxygen atoms in total. The number of halogens is 3. The summed E-state index contributed by atoms with van der Waals surface area (Å²) in [6.07, 6.45) is -0.536. The van der Waals surface area contributed by atoms with Crippen LogP contribution < -0.4 is 5.32 Å². The van der Waals surface area contributed by atoms with Crippen LogP contribution in [0.2, 0.25) is 0 Å². The lowest BCUT2D eigenvalue weighted by Gasteiger charge is -2.09. The van der Waals surface area contributed by atoms with E-state index in [9.17, 15) is 18.0 Å². The van der Waals surface area contributed by atoms with Gasteiger partial charge in [0.2, 0.25) is 0 Å². The fourth-order valence-corrected chi connectivity index (χ4v) is 2.11. The molecule has 0 atom stereocenters. The highest BCUT2D eigenvalue weighted by Crippen LogP contribution is 2.31. The number of aromatic nitrogens is 3. The highest BCUT2D eigenvalue weighted by molar-refractivity contribution is 6.03. The first kappa shape index (κ1) is 16.6. The van der Waals surface area contributed by atoms with Crippen molar-refractivity contribution in [3.63, 3.8) is 0 Å². The molecule has 1 aromatic carbocycles. The number of anilines is 1. The first-order valence-corrected chi connectivity index (χ1v) is 7.14. The van der Waals surface area contributed by atoms with Crippen LogP contribution in [-0.2, 0) is 6.18 Å². The quantitative estimate of drug-likeness (QED) is 0.784. The second-order valence-electron chi connectivity index (χ2n) is 5.05. The maximum atomic E-state index is 12.8. The molecule has 25 heavy (non-hydrogen) atoms. The van der Waals surface area contributed by atoms with Crippen molar-refractivity contribution in [3.8, 4) is 11.3 Å². The Labute approximate surface area is 140 Å². The second kappa shape index (κ2) is 6.68. The third kappa shape index (κ3) is 3.97. The molecule has 0 bridgehead atoms. The van der Waals surface area contributed by atoms with Gasteiger partial charge in [0.05, 0.1) is 11.3 Å². The number of carbonyl (C=O) groups excluding carboxylic acids is 1. The number of alkyl halides is 3. The molecule has 1 N–H and O–H groups in total. The molecule has 0 saturated heterocycles. The minimum atomic E-state index is -4.44. The summed E-state index contributed by atoms with van der Waals surface area (Å²) in [5.41, 5.74) is 0.222. The molecule has 0 fully saturated rings. The molecule has 8 heteroatoms. The third-order valence-corrected chi connectivity index (χ3v) is 3.35. The van der Waals surface area contributed by atoms with Crippen molar-refractivity contribution in [3.05, 3.63) is 72.3 Å². The zero-order valence-electron chi connectivity index (χ0n) is 12.7. The summed E-state index contributed by atoms with van der Waals surface area (Å²) in [5, 5.41) is 2.59. The Morgan fingerprint density at radius 2 is 1.72 bits per heavy atom. The van der Waals surface area contributed by atoms with Crippen LogP contribution in [0.4, 0.5) is 19.0 Å². The van der Waals surface area contributed by atoms with Gasteiger partial charge < -0.3 is 5.32 Å². The van der Waals surface area contributed by atoms with Crippen molar-refractivity contribution < 1.29 is 18.0 Å². The Morgan fingerprint density at radius 1 is 0.960 bits per heavy atom. The molecule has 0 radical (unpaired) electrons. The third-order valence-electron chi connectivity index (χ3n) is 3.35. The molecule has 0 aliphatic rings. The summed E-state index contributed by atoms with van der Waals surface area (Å²) < 4.78 is 38.3. The average Bonchev–Trinajstić information content (AvgIpc) is 2.62. The molecule has 3 rings (SSSR count). The molecule has 0 aliphatic heterocycles. The van der Waals surface area contributed by atoms with Gasteiger partial charge in [0.15, 0.2) is 0 Å². The molecule has 1 amide bonds. The van der Waals surface area contributed by atoms with Crippen molar-refractivity contribution in [1.82, 2.24) is 15.0 Å². The number of amides is 1. The van der Waals surface area contributed by atoms with E-state index in [-0.39, 0.29) is 11.6 Å². The molecule has 0 unspecified atom stereocenters. The van der Waals surface area contributed by atoms with E-state index in [2.05, 4.69) is 20.3 Å². The summed E-state index contributed by atoms with van der Waals surface area (Å²) in [7, 11) is 0. The Hall–Kier alpha value is -3.29. The van der Waals surface area contributed by atoms with Gasteiger partial charge in [-0.15, -0.1) is 0 Å². The Bertz CT molecular complexity index is 880. The number of nitrogens with one attached hydrogen (secondary N) is 1. The first-order valence-electron chi connectivity index (χ1n) is 7.14. The molecular weight excluding hydrogens is 333 g/mol. The van der Waals surface area contributed by atoms with Crippen LogP contribution in [0.15, 0.2) is 61.2 Å². The van der Waals surface area contributed by atoms with Gasteiger partial charge >= 0.3 is 6.18 Å². The number of hydrogen-bond acceptors (Lipinski definition) is 4. The Morgan fingerprint density at radius 3 is 2.36 bits per heavy atom. The molecule has 2 aromatic heterocycles. The van der Waals surface area contributed by atoms with E-state index < -0.39 is 11.7 Å². The SMILES string of the molecule is O=C(Nc1ccncn1)c1ccc(-c2cc(C(F)(F)F)ccn2)cc1. The standard InChI is InChI=1S/C17H11F3N4O/c18-17(19,20)13-5-8-22-14(9-13)11-1-3-12(4-2-11)16(25)24-15-6-7-21-10-23-15/h1-10H,(H,21,23,24,25). The van der Waals surface area contributed by atoms with E-state index in [1.165, 1.54) is 36.8 Å². The van der Waals surface area contributed by atoms with Gasteiger partial charge in [-0.1, -0.05) is 12.1 Å². The summed E-state index contributed by atoms with van der Waals surface area (Å²) in [6, 6.07) is 9.51. The van der Waals surface area contributed by atoms with Crippen LogP contribution in [0.25, 0.3) is 11.3 Å². The number of pyridine rings is 1. The van der Waals surface area contributed by atoms with Crippen LogP contribution >= 0.6 is 0 Å². The molecule has 0 aliphatic carbocycles. The summed E-state index contributed by atoms with van der Waals surface area (Å²) in [6.45, 7) is 0. The monoisotopic (exact) mass is 344 g/mol. The topological polar surface area (TPSA) is 67.8 Å². The second-order valence-corrected chi connectivity index (χ2v) is 5.05. The maximum Gasteiger partial charge on any atom is 0.416 e. The van der Waals surface area contributed by atoms with Crippen molar-refractivity contribution >= 4 is 11.7 Å². The van der Waals surface area contributed by atoms with Gasteiger partial charge in [0, 0.05) is 23.5 Å². The van der Waals surface area contributed by atoms with Crippen LogP contribution in [0.1, 0.15) is 15.9 Å². The highest BCUT2D eigenvalue weighted by Gasteiger charge is 2.30. The average molecular weight is 344 g/mol. The lowest BCUT2D eigenvalue weighted by molar-refractivity contribution is -0.137. The number of hydrogen-bond donors (Lipinski definition) is 1. The minimum absolute atomic E-state index is 0.178. The van der Waals surface area contributed by atoms with Crippen LogP contribution in [0.5, 0.6) is 0 Å². The van der Waals surface area contributed by atoms with Crippen molar-refractivity contribution in [1.29, 1.82) is 0 Å². The largest absolute Gasteiger partial charge is 0.416 e. The van der Waals surface area contributed by atoms with Crippen molar-refractivity contribution in [2.45, 2.75) is 6.18 Å². The van der Waals surface area contributed by atoms with Crippen molar-refractivity contribution in [2.24, 2.45) is 0 Å². The van der Waals surface area contributed by atoms with Gasteiger partial charge in [0.1, 0.15) is 12.1 Å². The predicted molar refractivity (Wildman–Crippen MR) is 84.7 cm³/mol. The van der Waals surface area contributed by atoms with Gasteiger partial charge in [-0.25, -0.2) is 9.97 Å². The Balaban J connectivity index is 1.80. The molecular formula is C17H11F3N4O. The number of carbonyl (C=O) groups is 1. The lowest BCUT2D eigenvalue weighted by Crippen LogP contribution is -2.12. The van der Waals surface area contributed by atoms with E-state index >= 15 is 0 Å². The summed E-state index contributed by atoms with van der Waals surface area (Å²) >= 11 is 0. The van der Waals surface area contributed by atoms with E-state index in [0.717, 1.165) is 18.3 Å². The maximum absolute atomic E-state index is 12.8. The fourth-order valence-electron chi connectivity index (χ4n) is 2.11. The number of nitrogens with zero attached hydrogens (tertiary/aromatic N) is 3. The first-order chi connectivity index (χ1) is 11.9. The zero-order valence-corrected chi connectivity index (χ0v) is 12.7. The van der Waals surface area contributed by atoms with Gasteiger partial charge in [0.25, 0.3) is 5.91 Å².